The maximum Gasteiger partial charge on any atom is 0.0612 e. The molecule has 2 heteroatoms. The second-order valence-corrected chi connectivity index (χ2v) is 4.37. The quantitative estimate of drug-likeness (QED) is 0.644. The van der Waals surface area contributed by atoms with Crippen molar-refractivity contribution in [2.45, 2.75) is 19.3 Å². The smallest absolute Gasteiger partial charge is 0.0612 e. The summed E-state index contributed by atoms with van der Waals surface area (Å²) in [6, 6.07) is 0. The molecule has 74 valence electrons. The van der Waals surface area contributed by atoms with Gasteiger partial charge in [-0.3, -0.25) is 0 Å². The van der Waals surface area contributed by atoms with Crippen LogP contribution in [-0.4, -0.2) is 23.4 Å². The van der Waals surface area contributed by atoms with Crippen LogP contribution in [0.5, 0.6) is 0 Å². The van der Waals surface area contributed by atoms with Crippen LogP contribution in [0.3, 0.4) is 0 Å². The molecule has 2 N–H and O–H groups in total. The van der Waals surface area contributed by atoms with Gasteiger partial charge in [-0.05, 0) is 42.9 Å². The minimum atomic E-state index is 0.131. The molecule has 0 spiro atoms. The van der Waals surface area contributed by atoms with Gasteiger partial charge in [0.15, 0.2) is 0 Å². The molecule has 0 saturated heterocycles. The fourth-order valence-corrected chi connectivity index (χ4v) is 3.24. The van der Waals surface area contributed by atoms with Crippen LogP contribution in [-0.2, 0) is 0 Å². The molecule has 2 fully saturated rings. The number of allylic oxidation sites excluding steroid dienone is 1. The van der Waals surface area contributed by atoms with Crippen molar-refractivity contribution in [3.05, 3.63) is 12.2 Å². The molecule has 0 amide bonds. The van der Waals surface area contributed by atoms with Gasteiger partial charge in [0.05, 0.1) is 6.61 Å². The fourth-order valence-electron chi connectivity index (χ4n) is 3.24. The molecule has 13 heavy (non-hydrogen) atoms. The van der Waals surface area contributed by atoms with E-state index in [9.17, 15) is 5.11 Å². The summed E-state index contributed by atoms with van der Waals surface area (Å²) in [6.45, 7) is 0.452. The molecule has 2 saturated carbocycles. The van der Waals surface area contributed by atoms with Crippen molar-refractivity contribution >= 4 is 0 Å². The number of hydrogen-bond donors (Lipinski definition) is 2. The van der Waals surface area contributed by atoms with Crippen LogP contribution in [0.1, 0.15) is 19.3 Å². The predicted octanol–water partition coefficient (Wildman–Crippen LogP) is 1.19. The van der Waals surface area contributed by atoms with Gasteiger partial charge in [-0.15, -0.1) is 0 Å². The second kappa shape index (κ2) is 3.81. The van der Waals surface area contributed by atoms with E-state index >= 15 is 0 Å². The molecule has 2 nitrogen and oxygen atoms in total. The Bertz CT molecular complexity index is 200. The van der Waals surface area contributed by atoms with E-state index in [2.05, 4.69) is 6.08 Å². The maximum atomic E-state index is 9.26. The van der Waals surface area contributed by atoms with Crippen LogP contribution in [0.2, 0.25) is 0 Å². The van der Waals surface area contributed by atoms with E-state index in [0.29, 0.717) is 18.4 Å². The average molecular weight is 182 g/mol. The van der Waals surface area contributed by atoms with Gasteiger partial charge in [-0.1, -0.05) is 12.2 Å². The second-order valence-electron chi connectivity index (χ2n) is 4.37. The zero-order chi connectivity index (χ0) is 9.26. The van der Waals surface area contributed by atoms with Crippen molar-refractivity contribution in [2.24, 2.45) is 23.7 Å². The Labute approximate surface area is 79.3 Å². The van der Waals surface area contributed by atoms with Crippen LogP contribution in [0.25, 0.3) is 0 Å². The molecule has 0 aromatic carbocycles. The molecule has 0 radical (unpaired) electrons. The molecular weight excluding hydrogens is 164 g/mol. The van der Waals surface area contributed by atoms with Gasteiger partial charge in [0, 0.05) is 6.61 Å². The van der Waals surface area contributed by atoms with Gasteiger partial charge in [0.25, 0.3) is 0 Å². The van der Waals surface area contributed by atoms with Crippen LogP contribution in [0.15, 0.2) is 12.2 Å². The summed E-state index contributed by atoms with van der Waals surface area (Å²) in [4.78, 5) is 0. The number of rotatable bonds is 3. The highest BCUT2D eigenvalue weighted by Gasteiger charge is 2.45. The van der Waals surface area contributed by atoms with Crippen molar-refractivity contribution in [3.63, 3.8) is 0 Å². The summed E-state index contributed by atoms with van der Waals surface area (Å²) in [5, 5.41) is 18.0. The van der Waals surface area contributed by atoms with Crippen LogP contribution in [0.4, 0.5) is 0 Å². The van der Waals surface area contributed by atoms with Gasteiger partial charge in [-0.25, -0.2) is 0 Å². The van der Waals surface area contributed by atoms with E-state index in [1.165, 1.54) is 19.3 Å². The van der Waals surface area contributed by atoms with E-state index in [0.717, 1.165) is 11.8 Å². The Morgan fingerprint density at radius 2 is 1.92 bits per heavy atom. The molecular formula is C11H18O2. The summed E-state index contributed by atoms with van der Waals surface area (Å²) in [5.41, 5.74) is 0. The fraction of sp³-hybridized carbons (Fsp3) is 0.818. The highest BCUT2D eigenvalue weighted by Crippen LogP contribution is 2.52. The summed E-state index contributed by atoms with van der Waals surface area (Å²) >= 11 is 0. The highest BCUT2D eigenvalue weighted by molar-refractivity contribution is 5.05. The zero-order valence-corrected chi connectivity index (χ0v) is 7.89. The highest BCUT2D eigenvalue weighted by atomic mass is 16.3. The first-order valence-corrected chi connectivity index (χ1v) is 5.25. The van der Waals surface area contributed by atoms with Crippen molar-refractivity contribution in [3.8, 4) is 0 Å². The number of aliphatic hydroxyl groups excluding tert-OH is 2. The summed E-state index contributed by atoms with van der Waals surface area (Å²) in [5.74, 6) is 2.55. The van der Waals surface area contributed by atoms with Crippen molar-refractivity contribution in [1.82, 2.24) is 0 Å². The standard InChI is InChI=1S/C11H18O2/c12-5-1-2-10-8-3-4-9(6-8)11(10)7-13/h1-2,8-13H,3-7H2/b2-1+. The number of hydrogen-bond acceptors (Lipinski definition) is 2. The van der Waals surface area contributed by atoms with Gasteiger partial charge < -0.3 is 10.2 Å². The monoisotopic (exact) mass is 182 g/mol. The first kappa shape index (κ1) is 9.22. The molecule has 2 aliphatic rings. The van der Waals surface area contributed by atoms with Crippen molar-refractivity contribution in [2.75, 3.05) is 13.2 Å². The molecule has 2 rings (SSSR count). The summed E-state index contributed by atoms with van der Waals surface area (Å²) < 4.78 is 0. The summed E-state index contributed by atoms with van der Waals surface area (Å²) in [6.07, 6.45) is 7.87. The third kappa shape index (κ3) is 1.53. The molecule has 0 aromatic heterocycles. The Morgan fingerprint density at radius 1 is 1.15 bits per heavy atom. The van der Waals surface area contributed by atoms with Crippen LogP contribution >= 0.6 is 0 Å². The van der Waals surface area contributed by atoms with E-state index < -0.39 is 0 Å². The van der Waals surface area contributed by atoms with Gasteiger partial charge in [0.1, 0.15) is 0 Å². The van der Waals surface area contributed by atoms with E-state index in [4.69, 9.17) is 5.11 Å². The summed E-state index contributed by atoms with van der Waals surface area (Å²) in [7, 11) is 0. The van der Waals surface area contributed by atoms with Gasteiger partial charge in [-0.2, -0.15) is 0 Å². The minimum Gasteiger partial charge on any atom is -0.396 e. The van der Waals surface area contributed by atoms with Gasteiger partial charge in [0.2, 0.25) is 0 Å². The first-order valence-electron chi connectivity index (χ1n) is 5.25. The third-order valence-electron chi connectivity index (χ3n) is 3.83. The lowest BCUT2D eigenvalue weighted by atomic mass is 9.79. The van der Waals surface area contributed by atoms with Crippen molar-refractivity contribution in [1.29, 1.82) is 0 Å². The van der Waals surface area contributed by atoms with E-state index in [-0.39, 0.29) is 6.61 Å². The number of fused-ring (bicyclic) bond motifs is 2. The Kier molecular flexibility index (Phi) is 2.70. The Balaban J connectivity index is 2.04. The molecule has 4 unspecified atom stereocenters. The number of aliphatic hydroxyl groups is 2. The molecule has 0 aromatic rings. The molecule has 2 bridgehead atoms. The van der Waals surface area contributed by atoms with E-state index in [1.807, 2.05) is 6.08 Å². The lowest BCUT2D eigenvalue weighted by Gasteiger charge is -2.27. The maximum absolute atomic E-state index is 9.26. The topological polar surface area (TPSA) is 40.5 Å². The largest absolute Gasteiger partial charge is 0.396 e. The Morgan fingerprint density at radius 3 is 2.62 bits per heavy atom. The van der Waals surface area contributed by atoms with Gasteiger partial charge >= 0.3 is 0 Å². The average Bonchev–Trinajstić information content (AvgIpc) is 2.73. The lowest BCUT2D eigenvalue weighted by Crippen LogP contribution is -2.23. The lowest BCUT2D eigenvalue weighted by molar-refractivity contribution is 0.146. The van der Waals surface area contributed by atoms with E-state index in [1.54, 1.807) is 0 Å². The molecule has 4 atom stereocenters. The zero-order valence-electron chi connectivity index (χ0n) is 7.89. The Hall–Kier alpha value is -0.340. The third-order valence-corrected chi connectivity index (χ3v) is 3.83. The SMILES string of the molecule is OC/C=C/C1C2CCC(C2)C1CO. The molecule has 0 aliphatic heterocycles. The molecule has 2 aliphatic carbocycles. The minimum absolute atomic E-state index is 0.131. The van der Waals surface area contributed by atoms with Crippen molar-refractivity contribution < 1.29 is 10.2 Å². The normalized spacial score (nSPS) is 43.5. The predicted molar refractivity (Wildman–Crippen MR) is 51.1 cm³/mol. The van der Waals surface area contributed by atoms with Crippen LogP contribution < -0.4 is 0 Å². The van der Waals surface area contributed by atoms with Crippen LogP contribution in [0, 0.1) is 23.7 Å². The first-order chi connectivity index (χ1) is 6.36. The molecule has 0 heterocycles.